The normalized spacial score (nSPS) is 10.8. The smallest absolute Gasteiger partial charge is 0.343 e. The van der Waals surface area contributed by atoms with Gasteiger partial charge in [-0.1, -0.05) is 24.3 Å². The maximum Gasteiger partial charge on any atom is 0.343 e. The summed E-state index contributed by atoms with van der Waals surface area (Å²) < 4.78 is 22.7. The minimum Gasteiger partial charge on any atom is -0.497 e. The molecule has 33 heavy (non-hydrogen) atoms. The van der Waals surface area contributed by atoms with Crippen LogP contribution in [-0.2, 0) is 16.1 Å². The quantitative estimate of drug-likeness (QED) is 0.339. The Morgan fingerprint density at radius 2 is 1.73 bits per heavy atom. The van der Waals surface area contributed by atoms with Gasteiger partial charge in [0, 0.05) is 35.1 Å². The van der Waals surface area contributed by atoms with Crippen LogP contribution in [0.4, 0.5) is 0 Å². The lowest BCUT2D eigenvalue weighted by Crippen LogP contribution is -2.13. The van der Waals surface area contributed by atoms with E-state index in [0.29, 0.717) is 34.9 Å². The Morgan fingerprint density at radius 1 is 0.970 bits per heavy atom. The van der Waals surface area contributed by atoms with Gasteiger partial charge in [-0.05, 0) is 43.3 Å². The Hall–Kier alpha value is -4.00. The van der Waals surface area contributed by atoms with E-state index in [4.69, 9.17) is 14.2 Å². The molecule has 0 bridgehead atoms. The van der Waals surface area contributed by atoms with Crippen LogP contribution in [0, 0.1) is 6.92 Å². The molecule has 1 aromatic heterocycles. The molecule has 0 radical (unpaired) electrons. The molecule has 3 rings (SSSR count). The van der Waals surface area contributed by atoms with Crippen LogP contribution in [0.25, 0.3) is 6.08 Å². The van der Waals surface area contributed by atoms with E-state index in [-0.39, 0.29) is 12.4 Å². The topological polar surface area (TPSA) is 76.0 Å². The van der Waals surface area contributed by atoms with Gasteiger partial charge in [-0.3, -0.25) is 4.79 Å². The maximum absolute atomic E-state index is 12.9. The fourth-order valence-electron chi connectivity index (χ4n) is 3.37. The summed E-state index contributed by atoms with van der Waals surface area (Å²) in [5.41, 5.74) is 2.95. The summed E-state index contributed by atoms with van der Waals surface area (Å²) in [5, 5.41) is 0. The number of carbonyl (C=O) groups is 2. The Balaban J connectivity index is 1.72. The molecule has 0 aliphatic rings. The number of methoxy groups -OCH3 is 3. The first-order valence-corrected chi connectivity index (χ1v) is 10.4. The third kappa shape index (κ3) is 5.63. The van der Waals surface area contributed by atoms with Crippen LogP contribution < -0.4 is 14.2 Å². The summed E-state index contributed by atoms with van der Waals surface area (Å²) in [6, 6.07) is 14.4. The van der Waals surface area contributed by atoms with E-state index in [9.17, 15) is 9.59 Å². The number of hydrogen-bond donors (Lipinski definition) is 0. The van der Waals surface area contributed by atoms with Crippen LogP contribution in [0.5, 0.6) is 17.2 Å². The van der Waals surface area contributed by atoms with Crippen LogP contribution >= 0.6 is 0 Å². The summed E-state index contributed by atoms with van der Waals surface area (Å²) in [6.07, 6.45) is 5.77. The van der Waals surface area contributed by atoms with Crippen molar-refractivity contribution in [3.8, 4) is 17.2 Å². The van der Waals surface area contributed by atoms with Gasteiger partial charge in [-0.15, -0.1) is 0 Å². The highest BCUT2D eigenvalue weighted by Gasteiger charge is 2.15. The first-order chi connectivity index (χ1) is 16.0. The lowest BCUT2D eigenvalue weighted by atomic mass is 10.0. The number of hydrogen-bond acceptors (Lipinski definition) is 6. The number of ketones is 1. The van der Waals surface area contributed by atoms with Crippen molar-refractivity contribution < 1.29 is 28.5 Å². The number of rotatable bonds is 10. The van der Waals surface area contributed by atoms with Crippen molar-refractivity contribution in [1.82, 2.24) is 4.57 Å². The van der Waals surface area contributed by atoms with E-state index in [0.717, 1.165) is 11.3 Å². The predicted molar refractivity (Wildman–Crippen MR) is 125 cm³/mol. The zero-order valence-corrected chi connectivity index (χ0v) is 19.2. The second-order valence-electron chi connectivity index (χ2n) is 7.17. The van der Waals surface area contributed by atoms with Crippen molar-refractivity contribution in [2.75, 3.05) is 27.9 Å². The molecule has 3 aromatic rings. The summed E-state index contributed by atoms with van der Waals surface area (Å²) in [5.74, 6) is 1.18. The summed E-state index contributed by atoms with van der Waals surface area (Å²) in [7, 11) is 4.45. The highest BCUT2D eigenvalue weighted by molar-refractivity contribution is 6.09. The van der Waals surface area contributed by atoms with Gasteiger partial charge in [0.05, 0.1) is 21.3 Å². The predicted octanol–water partition coefficient (Wildman–Crippen LogP) is 4.31. The third-order valence-corrected chi connectivity index (χ3v) is 5.22. The molecule has 0 saturated carbocycles. The summed E-state index contributed by atoms with van der Waals surface area (Å²) in [6.45, 7) is 2.29. The zero-order valence-electron chi connectivity index (χ0n) is 19.2. The second-order valence-corrected chi connectivity index (χ2v) is 7.17. The van der Waals surface area contributed by atoms with Crippen molar-refractivity contribution in [3.05, 3.63) is 83.2 Å². The molecular weight excluding hydrogens is 422 g/mol. The highest BCUT2D eigenvalue weighted by atomic mass is 16.6. The number of nitrogens with zero attached hydrogens (tertiary/aromatic N) is 1. The van der Waals surface area contributed by atoms with Gasteiger partial charge in [-0.25, -0.2) is 4.79 Å². The molecule has 0 saturated heterocycles. The minimum absolute atomic E-state index is 0.0324. The number of esters is 1. The van der Waals surface area contributed by atoms with Gasteiger partial charge in [0.1, 0.15) is 5.75 Å². The van der Waals surface area contributed by atoms with Crippen LogP contribution in [0.3, 0.4) is 0 Å². The van der Waals surface area contributed by atoms with E-state index in [1.165, 1.54) is 7.11 Å². The number of para-hydroxylation sites is 1. The molecule has 1 heterocycles. The van der Waals surface area contributed by atoms with Crippen LogP contribution in [0.2, 0.25) is 0 Å². The monoisotopic (exact) mass is 449 g/mol. The highest BCUT2D eigenvalue weighted by Crippen LogP contribution is 2.32. The molecule has 7 heteroatoms. The Bertz CT molecular complexity index is 1140. The fraction of sp³-hybridized carbons (Fsp3) is 0.231. The van der Waals surface area contributed by atoms with Crippen molar-refractivity contribution in [2.24, 2.45) is 0 Å². The van der Waals surface area contributed by atoms with Crippen molar-refractivity contribution >= 4 is 17.8 Å². The standard InChI is InChI=1S/C26H27NO6/c1-18-22(25(29)19-10-12-21(30-2)13-11-19)14-16-27(18)15-6-8-20-7-5-9-23(26(20)32-4)33-17-24(28)31-3/h5-14,16H,15,17H2,1-4H3/b8-6+. The molecule has 172 valence electrons. The largest absolute Gasteiger partial charge is 0.497 e. The maximum atomic E-state index is 12.9. The molecule has 0 amide bonds. The Morgan fingerprint density at radius 3 is 2.39 bits per heavy atom. The SMILES string of the molecule is COC(=O)COc1cccc(/C=C/Cn2ccc(C(=O)c3ccc(OC)cc3)c2C)c1OC. The van der Waals surface area contributed by atoms with Gasteiger partial charge in [0.25, 0.3) is 0 Å². The van der Waals surface area contributed by atoms with E-state index >= 15 is 0 Å². The number of allylic oxidation sites excluding steroid dienone is 1. The third-order valence-electron chi connectivity index (χ3n) is 5.22. The van der Waals surface area contributed by atoms with Gasteiger partial charge in [0.15, 0.2) is 23.9 Å². The molecule has 0 aliphatic carbocycles. The summed E-state index contributed by atoms with van der Waals surface area (Å²) >= 11 is 0. The van der Waals surface area contributed by atoms with E-state index < -0.39 is 5.97 Å². The van der Waals surface area contributed by atoms with Crippen LogP contribution in [0.1, 0.15) is 27.2 Å². The van der Waals surface area contributed by atoms with E-state index in [1.807, 2.05) is 48.0 Å². The molecule has 0 unspecified atom stereocenters. The molecule has 2 aromatic carbocycles. The lowest BCUT2D eigenvalue weighted by molar-refractivity contribution is -0.142. The summed E-state index contributed by atoms with van der Waals surface area (Å²) in [4.78, 5) is 24.3. The zero-order chi connectivity index (χ0) is 23.8. The van der Waals surface area contributed by atoms with Crippen molar-refractivity contribution in [2.45, 2.75) is 13.5 Å². The molecule has 0 fully saturated rings. The fourth-order valence-corrected chi connectivity index (χ4v) is 3.37. The van der Waals surface area contributed by atoms with Gasteiger partial charge < -0.3 is 23.5 Å². The lowest BCUT2D eigenvalue weighted by Gasteiger charge is -2.12. The number of benzene rings is 2. The van der Waals surface area contributed by atoms with Crippen molar-refractivity contribution in [1.29, 1.82) is 0 Å². The number of ether oxygens (including phenoxy) is 4. The Labute approximate surface area is 193 Å². The number of aromatic nitrogens is 1. The molecular formula is C26H27NO6. The van der Waals surface area contributed by atoms with E-state index in [1.54, 1.807) is 44.6 Å². The first kappa shape index (κ1) is 23.7. The number of carbonyl (C=O) groups excluding carboxylic acids is 2. The van der Waals surface area contributed by atoms with Gasteiger partial charge in [0.2, 0.25) is 0 Å². The second kappa shape index (κ2) is 11.0. The molecule has 0 atom stereocenters. The average molecular weight is 450 g/mol. The Kier molecular flexibility index (Phi) is 7.91. The average Bonchev–Trinajstić information content (AvgIpc) is 3.22. The van der Waals surface area contributed by atoms with Gasteiger partial charge >= 0.3 is 5.97 Å². The van der Waals surface area contributed by atoms with Crippen LogP contribution in [0.15, 0.2) is 60.8 Å². The first-order valence-electron chi connectivity index (χ1n) is 10.4. The van der Waals surface area contributed by atoms with Gasteiger partial charge in [-0.2, -0.15) is 0 Å². The van der Waals surface area contributed by atoms with Crippen molar-refractivity contribution in [3.63, 3.8) is 0 Å². The molecule has 0 N–H and O–H groups in total. The minimum atomic E-state index is -0.471. The van der Waals surface area contributed by atoms with E-state index in [2.05, 4.69) is 4.74 Å². The molecule has 0 aliphatic heterocycles. The van der Waals surface area contributed by atoms with Crippen LogP contribution in [-0.4, -0.2) is 44.3 Å². The molecule has 0 spiro atoms. The molecule has 7 nitrogen and oxygen atoms in total.